The zero-order valence-electron chi connectivity index (χ0n) is 7.98. The third-order valence-corrected chi connectivity index (χ3v) is 5.67. The first-order valence-electron chi connectivity index (χ1n) is 4.76. The minimum Gasteiger partial charge on any atom is -0.175 e. The largest absolute Gasteiger partial charge is 0.175 e. The maximum atomic E-state index is 4.25. The van der Waals surface area contributed by atoms with Crippen LogP contribution in [-0.4, -0.2) is 16.8 Å². The van der Waals surface area contributed by atoms with Crippen molar-refractivity contribution in [1.82, 2.24) is 0 Å². The molecule has 76 valence electrons. The van der Waals surface area contributed by atoms with E-state index >= 15 is 0 Å². The number of hydrogen-bond donors (Lipinski definition) is 1. The quantitative estimate of drug-likeness (QED) is 0.803. The van der Waals surface area contributed by atoms with E-state index in [1.54, 1.807) is 0 Å². The Labute approximate surface area is 99.7 Å². The van der Waals surface area contributed by atoms with E-state index in [4.69, 9.17) is 0 Å². The van der Waals surface area contributed by atoms with Gasteiger partial charge in [-0.25, -0.2) is 0 Å². The molecule has 14 heavy (non-hydrogen) atoms. The van der Waals surface area contributed by atoms with E-state index in [0.29, 0.717) is 0 Å². The summed E-state index contributed by atoms with van der Waals surface area (Å²) >= 11 is 8.39. The fourth-order valence-electron chi connectivity index (χ4n) is 1.27. The topological polar surface area (TPSA) is 0 Å². The van der Waals surface area contributed by atoms with Gasteiger partial charge in [-0.05, 0) is 11.1 Å². The van der Waals surface area contributed by atoms with Crippen molar-refractivity contribution >= 4 is 36.2 Å². The number of benzene rings is 1. The lowest BCUT2D eigenvalue weighted by Gasteiger charge is -2.24. The van der Waals surface area contributed by atoms with Gasteiger partial charge in [-0.3, -0.25) is 0 Å². The van der Waals surface area contributed by atoms with Crippen LogP contribution < -0.4 is 0 Å². The van der Waals surface area contributed by atoms with Crippen LogP contribution in [0.2, 0.25) is 0 Å². The zero-order valence-corrected chi connectivity index (χ0v) is 10.5. The van der Waals surface area contributed by atoms with Crippen LogP contribution in [0.1, 0.15) is 11.1 Å². The summed E-state index contributed by atoms with van der Waals surface area (Å²) in [4.78, 5) is 0. The Balaban J connectivity index is 1.83. The number of thiol groups is 1. The van der Waals surface area contributed by atoms with Crippen molar-refractivity contribution < 1.29 is 0 Å². The molecule has 1 heterocycles. The van der Waals surface area contributed by atoms with Crippen LogP contribution in [0.15, 0.2) is 24.3 Å². The molecule has 0 aliphatic carbocycles. The van der Waals surface area contributed by atoms with E-state index in [2.05, 4.69) is 60.4 Å². The van der Waals surface area contributed by atoms with Gasteiger partial charge in [-0.15, -0.1) is 0 Å². The molecule has 2 rings (SSSR count). The Morgan fingerprint density at radius 1 is 1.21 bits per heavy atom. The van der Waals surface area contributed by atoms with Crippen molar-refractivity contribution in [3.63, 3.8) is 0 Å². The van der Waals surface area contributed by atoms with Crippen LogP contribution in [0.25, 0.3) is 0 Å². The van der Waals surface area contributed by atoms with Crippen LogP contribution in [0.3, 0.4) is 0 Å². The van der Waals surface area contributed by atoms with Crippen molar-refractivity contribution in [2.45, 2.75) is 16.8 Å². The van der Waals surface area contributed by atoms with Crippen LogP contribution >= 0.6 is 36.2 Å². The van der Waals surface area contributed by atoms with Crippen molar-refractivity contribution in [2.75, 3.05) is 11.5 Å². The Bertz CT molecular complexity index is 277. The second-order valence-corrected chi connectivity index (χ2v) is 6.12. The standard InChI is InChI=1S/C11H14S3/c12-5-9-1-3-10(4-2-9)6-14-11-7-13-8-11/h1-4,11-12H,5-8H2. The summed E-state index contributed by atoms with van der Waals surface area (Å²) in [7, 11) is 0. The highest BCUT2D eigenvalue weighted by Gasteiger charge is 2.17. The van der Waals surface area contributed by atoms with Crippen LogP contribution in [0.5, 0.6) is 0 Å². The van der Waals surface area contributed by atoms with Crippen molar-refractivity contribution in [1.29, 1.82) is 0 Å². The summed E-state index contributed by atoms with van der Waals surface area (Å²) in [5, 5.41) is 0.907. The van der Waals surface area contributed by atoms with Gasteiger partial charge >= 0.3 is 0 Å². The van der Waals surface area contributed by atoms with Gasteiger partial charge in [0.2, 0.25) is 0 Å². The number of hydrogen-bond acceptors (Lipinski definition) is 3. The van der Waals surface area contributed by atoms with Gasteiger partial charge in [0.15, 0.2) is 0 Å². The molecule has 0 unspecified atom stereocenters. The smallest absolute Gasteiger partial charge is 0.0232 e. The van der Waals surface area contributed by atoms with E-state index in [1.807, 2.05) is 0 Å². The Morgan fingerprint density at radius 3 is 2.36 bits per heavy atom. The molecule has 0 aromatic heterocycles. The van der Waals surface area contributed by atoms with Crippen LogP contribution in [0.4, 0.5) is 0 Å². The molecule has 1 fully saturated rings. The summed E-state index contributed by atoms with van der Waals surface area (Å²) < 4.78 is 0. The predicted molar refractivity (Wildman–Crippen MR) is 71.5 cm³/mol. The molecule has 0 saturated carbocycles. The average Bonchev–Trinajstić information content (AvgIpc) is 2.16. The molecule has 1 aliphatic rings. The summed E-state index contributed by atoms with van der Waals surface area (Å²) in [6.45, 7) is 0. The third-order valence-electron chi connectivity index (χ3n) is 2.30. The molecule has 3 heteroatoms. The van der Waals surface area contributed by atoms with Gasteiger partial charge in [0, 0.05) is 28.3 Å². The van der Waals surface area contributed by atoms with Gasteiger partial charge in [-0.1, -0.05) is 24.3 Å². The van der Waals surface area contributed by atoms with Gasteiger partial charge < -0.3 is 0 Å². The highest BCUT2D eigenvalue weighted by Crippen LogP contribution is 2.31. The minimum absolute atomic E-state index is 0.840. The molecule has 0 N–H and O–H groups in total. The second-order valence-electron chi connectivity index (χ2n) is 3.45. The number of rotatable bonds is 4. The van der Waals surface area contributed by atoms with Crippen LogP contribution in [-0.2, 0) is 11.5 Å². The summed E-state index contributed by atoms with van der Waals surface area (Å²) in [5.74, 6) is 4.70. The molecule has 1 aromatic carbocycles. The predicted octanol–water partition coefficient (Wildman–Crippen LogP) is 3.47. The van der Waals surface area contributed by atoms with Crippen molar-refractivity contribution in [3.05, 3.63) is 35.4 Å². The van der Waals surface area contributed by atoms with Gasteiger partial charge in [0.05, 0.1) is 0 Å². The molecule has 0 spiro atoms. The van der Waals surface area contributed by atoms with Crippen LogP contribution in [0, 0.1) is 0 Å². The molecule has 1 aromatic rings. The Kier molecular flexibility index (Phi) is 4.14. The van der Waals surface area contributed by atoms with Gasteiger partial charge in [0.1, 0.15) is 0 Å². The Hall–Kier alpha value is 0.270. The first kappa shape index (κ1) is 10.8. The van der Waals surface area contributed by atoms with E-state index < -0.39 is 0 Å². The highest BCUT2D eigenvalue weighted by atomic mass is 32.2. The maximum Gasteiger partial charge on any atom is 0.0232 e. The van der Waals surface area contributed by atoms with E-state index in [0.717, 1.165) is 16.8 Å². The highest BCUT2D eigenvalue weighted by molar-refractivity contribution is 8.07. The SMILES string of the molecule is SCc1ccc(CSC2CSC2)cc1. The monoisotopic (exact) mass is 242 g/mol. The molecule has 0 atom stereocenters. The average molecular weight is 242 g/mol. The molecule has 0 radical (unpaired) electrons. The lowest BCUT2D eigenvalue weighted by atomic mass is 10.2. The molecule has 1 aliphatic heterocycles. The van der Waals surface area contributed by atoms with E-state index in [1.165, 1.54) is 22.6 Å². The molecule has 0 amide bonds. The maximum absolute atomic E-state index is 4.25. The molecule has 1 saturated heterocycles. The summed E-state index contributed by atoms with van der Waals surface area (Å²) in [5.41, 5.74) is 2.75. The fourth-order valence-corrected chi connectivity index (χ4v) is 3.87. The minimum atomic E-state index is 0.840. The zero-order chi connectivity index (χ0) is 9.80. The molecular formula is C11H14S3. The van der Waals surface area contributed by atoms with Crippen molar-refractivity contribution in [2.24, 2.45) is 0 Å². The molecular weight excluding hydrogens is 228 g/mol. The fraction of sp³-hybridized carbons (Fsp3) is 0.455. The summed E-state index contributed by atoms with van der Waals surface area (Å²) in [6, 6.07) is 8.81. The summed E-state index contributed by atoms with van der Waals surface area (Å²) in [6.07, 6.45) is 0. The first-order valence-corrected chi connectivity index (χ1v) is 7.60. The second kappa shape index (κ2) is 5.38. The van der Waals surface area contributed by atoms with E-state index in [9.17, 15) is 0 Å². The first-order chi connectivity index (χ1) is 6.88. The third kappa shape index (κ3) is 2.88. The van der Waals surface area contributed by atoms with E-state index in [-0.39, 0.29) is 0 Å². The Morgan fingerprint density at radius 2 is 1.86 bits per heavy atom. The van der Waals surface area contributed by atoms with Crippen molar-refractivity contribution in [3.8, 4) is 0 Å². The lowest BCUT2D eigenvalue weighted by molar-refractivity contribution is 1.08. The normalized spacial score (nSPS) is 16.6. The lowest BCUT2D eigenvalue weighted by Crippen LogP contribution is -2.20. The molecule has 0 bridgehead atoms. The number of thioether (sulfide) groups is 2. The van der Waals surface area contributed by atoms with Gasteiger partial charge in [0.25, 0.3) is 0 Å². The molecule has 0 nitrogen and oxygen atoms in total. The van der Waals surface area contributed by atoms with Gasteiger partial charge in [-0.2, -0.15) is 36.2 Å².